The number of nitro groups is 1. The quantitative estimate of drug-likeness (QED) is 0.599. The van der Waals surface area contributed by atoms with E-state index in [2.05, 4.69) is 4.74 Å². The molecule has 0 saturated heterocycles. The van der Waals surface area contributed by atoms with Gasteiger partial charge in [-0.1, -0.05) is 18.2 Å². The lowest BCUT2D eigenvalue weighted by Gasteiger charge is -2.12. The van der Waals surface area contributed by atoms with Gasteiger partial charge in [0.1, 0.15) is 12.4 Å². The molecule has 2 aromatic carbocycles. The molecule has 0 aromatic heterocycles. The smallest absolute Gasteiger partial charge is 0.387 e. The fourth-order valence-electron chi connectivity index (χ4n) is 1.71. The molecule has 0 saturated carbocycles. The Balaban J connectivity index is 2.12. The number of nitro benzene ring substituents is 1. The molecule has 22 heavy (non-hydrogen) atoms. The lowest BCUT2D eigenvalue weighted by Crippen LogP contribution is -2.06. The lowest BCUT2D eigenvalue weighted by molar-refractivity contribution is -0.385. The van der Waals surface area contributed by atoms with E-state index in [4.69, 9.17) is 4.74 Å². The molecule has 2 aromatic rings. The Morgan fingerprint density at radius 1 is 1.14 bits per heavy atom. The Labute approximate surface area is 123 Å². The van der Waals surface area contributed by atoms with Gasteiger partial charge in [-0.05, 0) is 12.1 Å². The summed E-state index contributed by atoms with van der Waals surface area (Å²) in [4.78, 5) is 9.76. The number of alkyl halides is 2. The van der Waals surface area contributed by atoms with Crippen LogP contribution in [0.2, 0.25) is 0 Å². The van der Waals surface area contributed by atoms with Gasteiger partial charge in [-0.2, -0.15) is 8.78 Å². The van der Waals surface area contributed by atoms with E-state index >= 15 is 0 Å². The van der Waals surface area contributed by atoms with Crippen LogP contribution in [0.4, 0.5) is 18.9 Å². The van der Waals surface area contributed by atoms with E-state index in [-0.39, 0.29) is 18.1 Å². The lowest BCUT2D eigenvalue weighted by atomic mass is 10.2. The predicted octanol–water partition coefficient (Wildman–Crippen LogP) is 3.91. The minimum atomic E-state index is -2.99. The normalized spacial score (nSPS) is 10.5. The molecule has 0 unspecified atom stereocenters. The van der Waals surface area contributed by atoms with Crippen LogP contribution in [-0.2, 0) is 6.61 Å². The van der Waals surface area contributed by atoms with Crippen LogP contribution in [0.1, 0.15) is 5.56 Å². The van der Waals surface area contributed by atoms with Crippen LogP contribution < -0.4 is 9.47 Å². The highest BCUT2D eigenvalue weighted by Gasteiger charge is 2.13. The van der Waals surface area contributed by atoms with Crippen molar-refractivity contribution in [3.05, 3.63) is 64.0 Å². The Morgan fingerprint density at radius 3 is 2.50 bits per heavy atom. The maximum atomic E-state index is 13.6. The monoisotopic (exact) mass is 313 g/mol. The maximum Gasteiger partial charge on any atom is 0.387 e. The number of ether oxygens (including phenoxy) is 2. The molecule has 0 radical (unpaired) electrons. The summed E-state index contributed by atoms with van der Waals surface area (Å²) in [6, 6.07) is 8.82. The summed E-state index contributed by atoms with van der Waals surface area (Å²) < 4.78 is 47.6. The van der Waals surface area contributed by atoms with E-state index in [1.165, 1.54) is 18.2 Å². The molecule has 0 aliphatic carbocycles. The number of halogens is 3. The molecule has 0 amide bonds. The van der Waals surface area contributed by atoms with Crippen LogP contribution >= 0.6 is 0 Å². The van der Waals surface area contributed by atoms with Crippen LogP contribution in [0.3, 0.4) is 0 Å². The molecule has 0 fully saturated rings. The fourth-order valence-corrected chi connectivity index (χ4v) is 1.71. The Morgan fingerprint density at radius 2 is 1.86 bits per heavy atom. The Kier molecular flexibility index (Phi) is 4.82. The van der Waals surface area contributed by atoms with Crippen molar-refractivity contribution >= 4 is 5.69 Å². The topological polar surface area (TPSA) is 61.6 Å². The van der Waals surface area contributed by atoms with E-state index in [0.29, 0.717) is 5.56 Å². The van der Waals surface area contributed by atoms with Crippen LogP contribution in [0, 0.1) is 15.9 Å². The second-order valence-electron chi connectivity index (χ2n) is 4.15. The summed E-state index contributed by atoms with van der Waals surface area (Å²) in [7, 11) is 0. The van der Waals surface area contributed by atoms with Gasteiger partial charge < -0.3 is 9.47 Å². The van der Waals surface area contributed by atoms with Crippen LogP contribution in [0.25, 0.3) is 0 Å². The van der Waals surface area contributed by atoms with Gasteiger partial charge in [-0.15, -0.1) is 0 Å². The molecule has 2 rings (SSSR count). The van der Waals surface area contributed by atoms with Gasteiger partial charge in [-0.25, -0.2) is 4.39 Å². The van der Waals surface area contributed by atoms with Crippen molar-refractivity contribution in [2.45, 2.75) is 13.2 Å². The molecule has 116 valence electrons. The van der Waals surface area contributed by atoms with Gasteiger partial charge in [-0.3, -0.25) is 10.1 Å². The number of hydrogen-bond acceptors (Lipinski definition) is 4. The van der Waals surface area contributed by atoms with Gasteiger partial charge in [0.05, 0.1) is 11.0 Å². The highest BCUT2D eigenvalue weighted by molar-refractivity contribution is 5.38. The third kappa shape index (κ3) is 3.87. The first-order chi connectivity index (χ1) is 10.5. The van der Waals surface area contributed by atoms with E-state index in [1.54, 1.807) is 6.07 Å². The molecule has 8 heteroatoms. The number of para-hydroxylation sites is 1. The second kappa shape index (κ2) is 6.79. The average molecular weight is 313 g/mol. The summed E-state index contributed by atoms with van der Waals surface area (Å²) in [5.74, 6) is -1.22. The van der Waals surface area contributed by atoms with Crippen molar-refractivity contribution in [1.29, 1.82) is 0 Å². The zero-order valence-electron chi connectivity index (χ0n) is 11.0. The Hall–Kier alpha value is -2.77. The van der Waals surface area contributed by atoms with E-state index in [1.807, 2.05) is 0 Å². The fraction of sp³-hybridized carbons (Fsp3) is 0.143. The number of rotatable bonds is 6. The third-order valence-corrected chi connectivity index (χ3v) is 2.70. The molecular formula is C14H10F3NO4. The molecule has 5 nitrogen and oxygen atoms in total. The zero-order chi connectivity index (χ0) is 16.1. The Bertz CT molecular complexity index is 679. The van der Waals surface area contributed by atoms with Crippen molar-refractivity contribution in [3.63, 3.8) is 0 Å². The maximum absolute atomic E-state index is 13.6. The highest BCUT2D eigenvalue weighted by Crippen LogP contribution is 2.26. The summed E-state index contributed by atoms with van der Waals surface area (Å²) in [5, 5.41) is 10.5. The van der Waals surface area contributed by atoms with E-state index in [9.17, 15) is 23.3 Å². The number of nitrogens with zero attached hydrogens (tertiary/aromatic N) is 1. The number of hydrogen-bond donors (Lipinski definition) is 0. The molecule has 0 heterocycles. The van der Waals surface area contributed by atoms with Gasteiger partial charge in [0.2, 0.25) is 0 Å². The van der Waals surface area contributed by atoms with Gasteiger partial charge in [0.25, 0.3) is 5.69 Å². The minimum Gasteiger partial charge on any atom is -0.486 e. The first-order valence-corrected chi connectivity index (χ1v) is 6.07. The molecule has 0 bridgehead atoms. The zero-order valence-corrected chi connectivity index (χ0v) is 11.0. The molecular weight excluding hydrogens is 303 g/mol. The van der Waals surface area contributed by atoms with Crippen molar-refractivity contribution in [3.8, 4) is 11.5 Å². The SMILES string of the molecule is O=[N+]([O-])c1ccc(OCc2ccccc2OC(F)F)c(F)c1. The van der Waals surface area contributed by atoms with E-state index in [0.717, 1.165) is 18.2 Å². The molecule has 0 atom stereocenters. The summed E-state index contributed by atoms with van der Waals surface area (Å²) in [5.41, 5.74) is -0.119. The third-order valence-electron chi connectivity index (χ3n) is 2.70. The molecule has 0 aliphatic rings. The molecule has 0 aliphatic heterocycles. The second-order valence-corrected chi connectivity index (χ2v) is 4.15. The first-order valence-electron chi connectivity index (χ1n) is 6.07. The van der Waals surface area contributed by atoms with Gasteiger partial charge in [0.15, 0.2) is 11.6 Å². The number of non-ortho nitro benzene ring substituents is 1. The van der Waals surface area contributed by atoms with Gasteiger partial charge >= 0.3 is 6.61 Å². The summed E-state index contributed by atoms with van der Waals surface area (Å²) in [6.07, 6.45) is 0. The van der Waals surface area contributed by atoms with Crippen LogP contribution in [-0.4, -0.2) is 11.5 Å². The van der Waals surface area contributed by atoms with Gasteiger partial charge in [0, 0.05) is 11.6 Å². The van der Waals surface area contributed by atoms with Crippen molar-refractivity contribution in [2.24, 2.45) is 0 Å². The summed E-state index contributed by atoms with van der Waals surface area (Å²) >= 11 is 0. The van der Waals surface area contributed by atoms with Crippen LogP contribution in [0.5, 0.6) is 11.5 Å². The van der Waals surface area contributed by atoms with E-state index < -0.39 is 23.0 Å². The predicted molar refractivity (Wildman–Crippen MR) is 70.5 cm³/mol. The molecule has 0 spiro atoms. The summed E-state index contributed by atoms with van der Waals surface area (Å²) in [6.45, 7) is -3.21. The first kappa shape index (κ1) is 15.6. The molecule has 0 N–H and O–H groups in total. The number of benzene rings is 2. The van der Waals surface area contributed by atoms with Crippen molar-refractivity contribution < 1.29 is 27.6 Å². The van der Waals surface area contributed by atoms with Crippen molar-refractivity contribution in [1.82, 2.24) is 0 Å². The average Bonchev–Trinajstić information content (AvgIpc) is 2.46. The highest BCUT2D eigenvalue weighted by atomic mass is 19.3. The largest absolute Gasteiger partial charge is 0.486 e. The minimum absolute atomic E-state index is 0.0835. The van der Waals surface area contributed by atoms with Crippen LogP contribution in [0.15, 0.2) is 42.5 Å². The standard InChI is InChI=1S/C14H10F3NO4/c15-11-7-10(18(19)20)5-6-13(11)21-8-9-3-1-2-4-12(9)22-14(16)17/h1-7,14H,8H2. The van der Waals surface area contributed by atoms with Crippen molar-refractivity contribution in [2.75, 3.05) is 0 Å².